The maximum atomic E-state index is 13.3. The number of hydrogen-bond donors (Lipinski definition) is 3. The molecule has 0 saturated heterocycles. The zero-order chi connectivity index (χ0) is 33.2. The van der Waals surface area contributed by atoms with Gasteiger partial charge in [0.1, 0.15) is 16.3 Å². The monoisotopic (exact) mass is 681 g/mol. The highest BCUT2D eigenvalue weighted by Crippen LogP contribution is 2.36. The van der Waals surface area contributed by atoms with Crippen molar-refractivity contribution in [1.29, 1.82) is 0 Å². The SMILES string of the molecule is CCOC(=O)c1c(-c2ccc(C)cc2)csc1NC(=O)CSc1cccc(NC(=O)/C(=C/c2cccs2)NC(=O)c2ccccc2)c1. The van der Waals surface area contributed by atoms with E-state index < -0.39 is 17.8 Å². The second kappa shape index (κ2) is 16.0. The Morgan fingerprint density at radius 2 is 1.66 bits per heavy atom. The van der Waals surface area contributed by atoms with Crippen LogP contribution in [0.5, 0.6) is 0 Å². The van der Waals surface area contributed by atoms with Crippen LogP contribution in [0.1, 0.15) is 38.1 Å². The van der Waals surface area contributed by atoms with Gasteiger partial charge >= 0.3 is 5.97 Å². The minimum atomic E-state index is -0.497. The normalized spacial score (nSPS) is 11.1. The molecule has 8 nitrogen and oxygen atoms in total. The summed E-state index contributed by atoms with van der Waals surface area (Å²) in [5.74, 6) is -1.62. The number of rotatable bonds is 12. The van der Waals surface area contributed by atoms with Crippen molar-refractivity contribution in [3.63, 3.8) is 0 Å². The molecule has 0 atom stereocenters. The zero-order valence-corrected chi connectivity index (χ0v) is 28.0. The maximum absolute atomic E-state index is 13.3. The molecular formula is C36H31N3O5S3. The van der Waals surface area contributed by atoms with Gasteiger partial charge in [0.15, 0.2) is 0 Å². The van der Waals surface area contributed by atoms with Crippen molar-refractivity contribution in [1.82, 2.24) is 5.32 Å². The number of thioether (sulfide) groups is 1. The number of carbonyl (C=O) groups is 4. The van der Waals surface area contributed by atoms with E-state index in [4.69, 9.17) is 4.74 Å². The van der Waals surface area contributed by atoms with Crippen LogP contribution in [0.25, 0.3) is 17.2 Å². The molecular weight excluding hydrogens is 651 g/mol. The van der Waals surface area contributed by atoms with Gasteiger partial charge < -0.3 is 20.7 Å². The van der Waals surface area contributed by atoms with Gasteiger partial charge in [-0.05, 0) is 67.3 Å². The molecule has 0 aliphatic rings. The van der Waals surface area contributed by atoms with Crippen molar-refractivity contribution in [2.45, 2.75) is 18.7 Å². The molecule has 0 bridgehead atoms. The molecule has 0 aliphatic carbocycles. The van der Waals surface area contributed by atoms with Crippen LogP contribution in [0.4, 0.5) is 10.7 Å². The van der Waals surface area contributed by atoms with E-state index in [-0.39, 0.29) is 24.0 Å². The van der Waals surface area contributed by atoms with E-state index in [1.165, 1.54) is 34.4 Å². The average molecular weight is 682 g/mol. The first-order valence-electron chi connectivity index (χ1n) is 14.6. The van der Waals surface area contributed by atoms with Gasteiger partial charge in [0.25, 0.3) is 11.8 Å². The van der Waals surface area contributed by atoms with E-state index >= 15 is 0 Å². The van der Waals surface area contributed by atoms with Crippen molar-refractivity contribution in [3.8, 4) is 11.1 Å². The Labute approximate surface area is 284 Å². The quantitative estimate of drug-likeness (QED) is 0.0697. The molecule has 47 heavy (non-hydrogen) atoms. The summed E-state index contributed by atoms with van der Waals surface area (Å²) < 4.78 is 5.31. The van der Waals surface area contributed by atoms with E-state index in [9.17, 15) is 19.2 Å². The van der Waals surface area contributed by atoms with Crippen molar-refractivity contribution in [2.24, 2.45) is 0 Å². The second-order valence-corrected chi connectivity index (χ2v) is 13.1. The van der Waals surface area contributed by atoms with Crippen molar-refractivity contribution in [2.75, 3.05) is 23.0 Å². The third-order valence-corrected chi connectivity index (χ3v) is 9.42. The Balaban J connectivity index is 1.25. The molecule has 3 amide bonds. The number of hydrogen-bond acceptors (Lipinski definition) is 8. The van der Waals surface area contributed by atoms with Crippen LogP contribution in [0.2, 0.25) is 0 Å². The molecule has 0 aliphatic heterocycles. The number of ether oxygens (including phenoxy) is 1. The Bertz CT molecular complexity index is 1900. The average Bonchev–Trinajstić information content (AvgIpc) is 3.75. The third-order valence-electron chi connectivity index (χ3n) is 6.71. The fraction of sp³-hybridized carbons (Fsp3) is 0.111. The van der Waals surface area contributed by atoms with Gasteiger partial charge in [-0.2, -0.15) is 0 Å². The summed E-state index contributed by atoms with van der Waals surface area (Å²) in [6.45, 7) is 3.94. The molecule has 0 radical (unpaired) electrons. The molecule has 0 saturated carbocycles. The fourth-order valence-corrected chi connectivity index (χ4v) is 6.82. The van der Waals surface area contributed by atoms with Crippen LogP contribution in [-0.2, 0) is 14.3 Å². The highest BCUT2D eigenvalue weighted by Gasteiger charge is 2.23. The lowest BCUT2D eigenvalue weighted by Gasteiger charge is -2.12. The number of aryl methyl sites for hydroxylation is 1. The van der Waals surface area contributed by atoms with Crippen LogP contribution >= 0.6 is 34.4 Å². The Morgan fingerprint density at radius 1 is 0.872 bits per heavy atom. The first-order valence-corrected chi connectivity index (χ1v) is 17.4. The topological polar surface area (TPSA) is 114 Å². The molecule has 0 fully saturated rings. The molecule has 11 heteroatoms. The Kier molecular flexibility index (Phi) is 11.4. The summed E-state index contributed by atoms with van der Waals surface area (Å²) in [6, 6.07) is 27.3. The second-order valence-electron chi connectivity index (χ2n) is 10.2. The van der Waals surface area contributed by atoms with Gasteiger partial charge in [0, 0.05) is 32.0 Å². The Hall–Kier alpha value is -4.97. The summed E-state index contributed by atoms with van der Waals surface area (Å²) in [7, 11) is 0. The number of nitrogens with one attached hydrogen (secondary N) is 3. The lowest BCUT2D eigenvalue weighted by Crippen LogP contribution is -2.30. The molecule has 3 aromatic carbocycles. The maximum Gasteiger partial charge on any atom is 0.341 e. The van der Waals surface area contributed by atoms with E-state index in [0.717, 1.165) is 20.9 Å². The standard InChI is InChI=1S/C36H31N3O5S3/c1-3-44-36(43)32-29(24-16-14-23(2)15-17-24)21-47-35(32)39-31(40)22-46-27-12-7-11-26(19-27)37-34(42)30(20-28-13-8-18-45-28)38-33(41)25-9-5-4-6-10-25/h4-21H,3,22H2,1-2H3,(H,37,42)(H,38,41)(H,39,40)/b30-20-. The van der Waals surface area contributed by atoms with E-state index in [1.54, 1.807) is 55.5 Å². The third kappa shape index (κ3) is 9.07. The van der Waals surface area contributed by atoms with Gasteiger partial charge in [-0.1, -0.05) is 60.2 Å². The van der Waals surface area contributed by atoms with Gasteiger partial charge in [-0.25, -0.2) is 4.79 Å². The predicted octanol–water partition coefficient (Wildman–Crippen LogP) is 8.10. The van der Waals surface area contributed by atoms with Gasteiger partial charge in [-0.15, -0.1) is 34.4 Å². The van der Waals surface area contributed by atoms with Crippen LogP contribution in [0.15, 0.2) is 112 Å². The van der Waals surface area contributed by atoms with Crippen molar-refractivity contribution >= 4 is 74.9 Å². The number of benzene rings is 3. The minimum absolute atomic E-state index is 0.0636. The van der Waals surface area contributed by atoms with E-state index in [2.05, 4.69) is 16.0 Å². The number of carbonyl (C=O) groups excluding carboxylic acids is 4. The van der Waals surface area contributed by atoms with E-state index in [1.807, 2.05) is 66.2 Å². The largest absolute Gasteiger partial charge is 0.462 e. The summed E-state index contributed by atoms with van der Waals surface area (Å²) >= 11 is 3.99. The van der Waals surface area contributed by atoms with Crippen LogP contribution < -0.4 is 16.0 Å². The minimum Gasteiger partial charge on any atom is -0.462 e. The first-order chi connectivity index (χ1) is 22.8. The number of thiophene rings is 2. The zero-order valence-electron chi connectivity index (χ0n) is 25.6. The molecule has 238 valence electrons. The first kappa shape index (κ1) is 33.4. The molecule has 5 rings (SSSR count). The Morgan fingerprint density at radius 3 is 2.38 bits per heavy atom. The van der Waals surface area contributed by atoms with Crippen molar-refractivity contribution in [3.05, 3.63) is 129 Å². The van der Waals surface area contributed by atoms with E-state index in [0.29, 0.717) is 27.4 Å². The highest BCUT2D eigenvalue weighted by molar-refractivity contribution is 8.00. The van der Waals surface area contributed by atoms with Gasteiger partial charge in [0.2, 0.25) is 5.91 Å². The number of anilines is 2. The highest BCUT2D eigenvalue weighted by atomic mass is 32.2. The molecule has 0 unspecified atom stereocenters. The molecule has 2 heterocycles. The number of amides is 3. The summed E-state index contributed by atoms with van der Waals surface area (Å²) in [4.78, 5) is 53.7. The van der Waals surface area contributed by atoms with Crippen LogP contribution in [0.3, 0.4) is 0 Å². The van der Waals surface area contributed by atoms with Crippen molar-refractivity contribution < 1.29 is 23.9 Å². The lowest BCUT2D eigenvalue weighted by molar-refractivity contribution is -0.114. The fourth-order valence-electron chi connectivity index (χ4n) is 4.43. The molecule has 3 N–H and O–H groups in total. The summed E-state index contributed by atoms with van der Waals surface area (Å²) in [6.07, 6.45) is 1.63. The van der Waals surface area contributed by atoms with Gasteiger partial charge in [-0.3, -0.25) is 14.4 Å². The van der Waals surface area contributed by atoms with Crippen LogP contribution in [0, 0.1) is 6.92 Å². The predicted molar refractivity (Wildman–Crippen MR) is 191 cm³/mol. The smallest absolute Gasteiger partial charge is 0.341 e. The van der Waals surface area contributed by atoms with Crippen LogP contribution in [-0.4, -0.2) is 36.1 Å². The summed E-state index contributed by atoms with van der Waals surface area (Å²) in [5.41, 5.74) is 4.01. The lowest BCUT2D eigenvalue weighted by atomic mass is 10.0. The molecule has 2 aromatic heterocycles. The molecule has 0 spiro atoms. The number of esters is 1. The summed E-state index contributed by atoms with van der Waals surface area (Å²) in [5, 5.41) is 12.6. The van der Waals surface area contributed by atoms with Gasteiger partial charge in [0.05, 0.1) is 12.4 Å². The molecule has 5 aromatic rings.